The molecule has 0 atom stereocenters. The molecule has 0 amide bonds. The van der Waals surface area contributed by atoms with Crippen LogP contribution in [-0.4, -0.2) is 27.5 Å². The van der Waals surface area contributed by atoms with Crippen LogP contribution >= 0.6 is 15.9 Å². The SMILES string of the molecule is CCC(CC)COc1ccc(Br)cc1Cn1nc(C(=O)O)cc1C. The van der Waals surface area contributed by atoms with E-state index in [-0.39, 0.29) is 5.69 Å². The lowest BCUT2D eigenvalue weighted by molar-refractivity contribution is 0.0689. The van der Waals surface area contributed by atoms with Gasteiger partial charge in [0.15, 0.2) is 5.69 Å². The van der Waals surface area contributed by atoms with Crippen molar-refractivity contribution in [3.05, 3.63) is 45.7 Å². The fourth-order valence-corrected chi connectivity index (χ4v) is 2.89. The van der Waals surface area contributed by atoms with E-state index in [0.29, 0.717) is 19.1 Å². The number of hydrogen-bond donors (Lipinski definition) is 1. The number of carboxylic acid groups (broad SMARTS) is 1. The zero-order valence-corrected chi connectivity index (χ0v) is 15.8. The van der Waals surface area contributed by atoms with Gasteiger partial charge >= 0.3 is 5.97 Å². The summed E-state index contributed by atoms with van der Waals surface area (Å²) < 4.78 is 8.67. The highest BCUT2D eigenvalue weighted by Crippen LogP contribution is 2.25. The maximum atomic E-state index is 11.1. The Morgan fingerprint density at radius 3 is 2.62 bits per heavy atom. The van der Waals surface area contributed by atoms with Crippen molar-refractivity contribution in [2.24, 2.45) is 5.92 Å². The fraction of sp³-hybridized carbons (Fsp3) is 0.444. The first-order valence-corrected chi connectivity index (χ1v) is 8.92. The minimum absolute atomic E-state index is 0.0574. The topological polar surface area (TPSA) is 64.4 Å². The van der Waals surface area contributed by atoms with Crippen molar-refractivity contribution in [2.75, 3.05) is 6.61 Å². The highest BCUT2D eigenvalue weighted by atomic mass is 79.9. The molecule has 24 heavy (non-hydrogen) atoms. The summed E-state index contributed by atoms with van der Waals surface area (Å²) in [5.74, 6) is 0.333. The minimum atomic E-state index is -1.02. The van der Waals surface area contributed by atoms with Crippen LogP contribution in [0.3, 0.4) is 0 Å². The Labute approximate surface area is 150 Å². The van der Waals surface area contributed by atoms with E-state index in [1.54, 1.807) is 10.7 Å². The molecule has 0 aliphatic rings. The van der Waals surface area contributed by atoms with Crippen molar-refractivity contribution in [3.8, 4) is 5.75 Å². The number of halogens is 1. The predicted molar refractivity (Wildman–Crippen MR) is 96.7 cm³/mol. The van der Waals surface area contributed by atoms with Crippen LogP contribution in [0, 0.1) is 12.8 Å². The van der Waals surface area contributed by atoms with Gasteiger partial charge in [-0.1, -0.05) is 42.6 Å². The van der Waals surface area contributed by atoms with Crippen LogP contribution in [0.5, 0.6) is 5.75 Å². The molecule has 6 heteroatoms. The maximum absolute atomic E-state index is 11.1. The smallest absolute Gasteiger partial charge is 0.356 e. The van der Waals surface area contributed by atoms with E-state index in [1.165, 1.54) is 0 Å². The van der Waals surface area contributed by atoms with Gasteiger partial charge in [-0.2, -0.15) is 5.10 Å². The summed E-state index contributed by atoms with van der Waals surface area (Å²) in [5.41, 5.74) is 1.83. The molecule has 0 aliphatic heterocycles. The minimum Gasteiger partial charge on any atom is -0.493 e. The number of aromatic carboxylic acids is 1. The third-order valence-corrected chi connectivity index (χ3v) is 4.67. The quantitative estimate of drug-likeness (QED) is 0.714. The molecule has 0 saturated carbocycles. The van der Waals surface area contributed by atoms with E-state index in [4.69, 9.17) is 9.84 Å². The Balaban J connectivity index is 2.22. The van der Waals surface area contributed by atoms with Gasteiger partial charge in [0.05, 0.1) is 13.2 Å². The number of nitrogens with zero attached hydrogens (tertiary/aromatic N) is 2. The number of carboxylic acids is 1. The third-order valence-electron chi connectivity index (χ3n) is 4.17. The van der Waals surface area contributed by atoms with Crippen LogP contribution in [-0.2, 0) is 6.54 Å². The lowest BCUT2D eigenvalue weighted by atomic mass is 10.1. The Kier molecular flexibility index (Phi) is 6.43. The van der Waals surface area contributed by atoms with Gasteiger partial charge in [0, 0.05) is 15.7 Å². The lowest BCUT2D eigenvalue weighted by Gasteiger charge is -2.17. The largest absolute Gasteiger partial charge is 0.493 e. The van der Waals surface area contributed by atoms with Gasteiger partial charge in [-0.3, -0.25) is 4.68 Å². The Hall–Kier alpha value is -1.82. The molecular weight excluding hydrogens is 372 g/mol. The molecule has 2 rings (SSSR count). The van der Waals surface area contributed by atoms with Crippen molar-refractivity contribution in [2.45, 2.75) is 40.2 Å². The summed E-state index contributed by atoms with van der Waals surface area (Å²) in [6.45, 7) is 7.33. The zero-order chi connectivity index (χ0) is 17.7. The molecule has 1 aromatic heterocycles. The van der Waals surface area contributed by atoms with Crippen LogP contribution in [0.1, 0.15) is 48.4 Å². The summed E-state index contributed by atoms with van der Waals surface area (Å²) in [6.07, 6.45) is 2.17. The number of carbonyl (C=O) groups is 1. The Morgan fingerprint density at radius 2 is 2.04 bits per heavy atom. The highest BCUT2D eigenvalue weighted by molar-refractivity contribution is 9.10. The molecule has 0 radical (unpaired) electrons. The van der Waals surface area contributed by atoms with Crippen molar-refractivity contribution in [3.63, 3.8) is 0 Å². The molecule has 0 spiro atoms. The fourth-order valence-electron chi connectivity index (χ4n) is 2.48. The monoisotopic (exact) mass is 394 g/mol. The average molecular weight is 395 g/mol. The predicted octanol–water partition coefficient (Wildman–Crippen LogP) is 4.52. The second-order valence-corrected chi connectivity index (χ2v) is 6.80. The summed E-state index contributed by atoms with van der Waals surface area (Å²) in [7, 11) is 0. The summed E-state index contributed by atoms with van der Waals surface area (Å²) in [4.78, 5) is 11.1. The van der Waals surface area contributed by atoms with E-state index < -0.39 is 5.97 Å². The number of rotatable bonds is 8. The van der Waals surface area contributed by atoms with Crippen LogP contribution in [0.4, 0.5) is 0 Å². The van der Waals surface area contributed by atoms with Crippen LogP contribution < -0.4 is 4.74 Å². The highest BCUT2D eigenvalue weighted by Gasteiger charge is 2.14. The van der Waals surface area contributed by atoms with Crippen LogP contribution in [0.15, 0.2) is 28.7 Å². The first-order valence-electron chi connectivity index (χ1n) is 8.13. The molecule has 0 fully saturated rings. The zero-order valence-electron chi connectivity index (χ0n) is 14.3. The number of aryl methyl sites for hydroxylation is 1. The van der Waals surface area contributed by atoms with Crippen molar-refractivity contribution in [1.82, 2.24) is 9.78 Å². The summed E-state index contributed by atoms with van der Waals surface area (Å²) >= 11 is 3.48. The molecule has 0 unspecified atom stereocenters. The molecular formula is C18H23BrN2O3. The number of aromatic nitrogens is 2. The molecule has 1 N–H and O–H groups in total. The molecule has 0 aliphatic carbocycles. The summed E-state index contributed by atoms with van der Waals surface area (Å²) in [5, 5.41) is 13.2. The number of ether oxygens (including phenoxy) is 1. The van der Waals surface area contributed by atoms with Crippen LogP contribution in [0.25, 0.3) is 0 Å². The van der Waals surface area contributed by atoms with E-state index >= 15 is 0 Å². The average Bonchev–Trinajstić information content (AvgIpc) is 2.91. The maximum Gasteiger partial charge on any atom is 0.356 e. The van der Waals surface area contributed by atoms with E-state index in [2.05, 4.69) is 34.9 Å². The van der Waals surface area contributed by atoms with Crippen LogP contribution in [0.2, 0.25) is 0 Å². The lowest BCUT2D eigenvalue weighted by Crippen LogP contribution is -2.12. The van der Waals surface area contributed by atoms with Gasteiger partial charge in [-0.15, -0.1) is 0 Å². The molecule has 5 nitrogen and oxygen atoms in total. The van der Waals surface area contributed by atoms with Gasteiger partial charge in [0.25, 0.3) is 0 Å². The molecule has 2 aromatic rings. The molecule has 0 bridgehead atoms. The van der Waals surface area contributed by atoms with Crippen molar-refractivity contribution >= 4 is 21.9 Å². The van der Waals surface area contributed by atoms with Gasteiger partial charge in [0.1, 0.15) is 5.75 Å². The van der Waals surface area contributed by atoms with Gasteiger partial charge in [0.2, 0.25) is 0 Å². The molecule has 0 saturated heterocycles. The number of hydrogen-bond acceptors (Lipinski definition) is 3. The normalized spacial score (nSPS) is 11.0. The third kappa shape index (κ3) is 4.60. The first-order chi connectivity index (χ1) is 11.4. The molecule has 130 valence electrons. The molecule has 1 aromatic carbocycles. The van der Waals surface area contributed by atoms with E-state index in [1.807, 2.05) is 25.1 Å². The Bertz CT molecular complexity index is 708. The van der Waals surface area contributed by atoms with Gasteiger partial charge in [-0.05, 0) is 37.1 Å². The summed E-state index contributed by atoms with van der Waals surface area (Å²) in [6, 6.07) is 7.46. The van der Waals surface area contributed by atoms with E-state index in [9.17, 15) is 4.79 Å². The van der Waals surface area contributed by atoms with Gasteiger partial charge < -0.3 is 9.84 Å². The second-order valence-electron chi connectivity index (χ2n) is 5.88. The number of benzene rings is 1. The Morgan fingerprint density at radius 1 is 1.33 bits per heavy atom. The van der Waals surface area contributed by atoms with Crippen molar-refractivity contribution < 1.29 is 14.6 Å². The van der Waals surface area contributed by atoms with Gasteiger partial charge in [-0.25, -0.2) is 4.79 Å². The standard InChI is InChI=1S/C18H23BrN2O3/c1-4-13(5-2)11-24-17-7-6-15(19)9-14(17)10-21-12(3)8-16(20-21)18(22)23/h6-9,13H,4-5,10-11H2,1-3H3,(H,22,23). The second kappa shape index (κ2) is 8.33. The first kappa shape index (κ1) is 18.5. The van der Waals surface area contributed by atoms with Crippen molar-refractivity contribution in [1.29, 1.82) is 0 Å². The van der Waals surface area contributed by atoms with E-state index in [0.717, 1.165) is 34.3 Å². The molecule has 1 heterocycles.